The molecule has 0 saturated heterocycles. The first-order valence-electron chi connectivity index (χ1n) is 6.93. The van der Waals surface area contributed by atoms with E-state index in [1.54, 1.807) is 0 Å². The van der Waals surface area contributed by atoms with Crippen LogP contribution in [0.25, 0.3) is 10.8 Å². The van der Waals surface area contributed by atoms with Gasteiger partial charge in [-0.3, -0.25) is 0 Å². The molecule has 0 radical (unpaired) electrons. The van der Waals surface area contributed by atoms with Crippen molar-refractivity contribution in [2.45, 2.75) is 19.9 Å². The normalized spacial score (nSPS) is 13.2. The van der Waals surface area contributed by atoms with Crippen LogP contribution in [0.1, 0.15) is 13.8 Å². The third kappa shape index (κ3) is 3.49. The van der Waals surface area contributed by atoms with Gasteiger partial charge in [0.1, 0.15) is 5.82 Å². The molecule has 108 valence electrons. The van der Waals surface area contributed by atoms with Crippen LogP contribution in [0.2, 0.25) is 0 Å². The van der Waals surface area contributed by atoms with Crippen LogP contribution >= 0.6 is 15.9 Å². The number of anilines is 1. The molecule has 1 aromatic carbocycles. The Morgan fingerprint density at radius 2 is 1.95 bits per heavy atom. The minimum absolute atomic E-state index is 0.377. The number of fused-ring (bicyclic) bond motifs is 1. The number of pyridine rings is 1. The monoisotopic (exact) mass is 335 g/mol. The molecule has 0 bridgehead atoms. The second-order valence-corrected chi connectivity index (χ2v) is 6.61. The van der Waals surface area contributed by atoms with E-state index in [1.165, 1.54) is 5.39 Å². The summed E-state index contributed by atoms with van der Waals surface area (Å²) in [6, 6.07) is 8.65. The minimum Gasteiger partial charge on any atom is -0.365 e. The van der Waals surface area contributed by atoms with Gasteiger partial charge in [-0.15, -0.1) is 0 Å². The van der Waals surface area contributed by atoms with Gasteiger partial charge < -0.3 is 10.2 Å². The highest BCUT2D eigenvalue weighted by Gasteiger charge is 2.16. The fourth-order valence-corrected chi connectivity index (χ4v) is 2.77. The molecule has 1 unspecified atom stereocenters. The van der Waals surface area contributed by atoms with Crippen LogP contribution in [0.3, 0.4) is 0 Å². The van der Waals surface area contributed by atoms with Crippen molar-refractivity contribution in [2.75, 3.05) is 26.0 Å². The Hall–Kier alpha value is -1.13. The second-order valence-electron chi connectivity index (χ2n) is 5.75. The van der Waals surface area contributed by atoms with Crippen LogP contribution in [-0.4, -0.2) is 36.6 Å². The van der Waals surface area contributed by atoms with Crippen molar-refractivity contribution in [3.8, 4) is 0 Å². The van der Waals surface area contributed by atoms with Gasteiger partial charge in [0.25, 0.3) is 0 Å². The van der Waals surface area contributed by atoms with E-state index >= 15 is 0 Å². The molecule has 0 aliphatic rings. The summed E-state index contributed by atoms with van der Waals surface area (Å²) in [5.74, 6) is 1.51. The van der Waals surface area contributed by atoms with Crippen LogP contribution in [0.15, 0.2) is 34.9 Å². The first kappa shape index (κ1) is 15.3. The summed E-state index contributed by atoms with van der Waals surface area (Å²) in [6.07, 6.45) is 1.86. The number of nitrogens with zero attached hydrogens (tertiary/aromatic N) is 2. The van der Waals surface area contributed by atoms with Gasteiger partial charge in [0.15, 0.2) is 0 Å². The molecule has 0 amide bonds. The van der Waals surface area contributed by atoms with Crippen molar-refractivity contribution in [2.24, 2.45) is 5.92 Å². The zero-order valence-electron chi connectivity index (χ0n) is 12.5. The summed E-state index contributed by atoms with van der Waals surface area (Å²) in [6.45, 7) is 5.47. The quantitative estimate of drug-likeness (QED) is 0.895. The number of hydrogen-bond acceptors (Lipinski definition) is 3. The summed E-state index contributed by atoms with van der Waals surface area (Å²) in [5, 5.41) is 5.96. The molecule has 1 heterocycles. The van der Waals surface area contributed by atoms with Crippen LogP contribution in [0.4, 0.5) is 5.82 Å². The van der Waals surface area contributed by atoms with E-state index in [4.69, 9.17) is 0 Å². The molecular formula is C16H22BrN3. The number of aromatic nitrogens is 1. The van der Waals surface area contributed by atoms with Gasteiger partial charge in [-0.2, -0.15) is 0 Å². The molecule has 2 rings (SSSR count). The third-order valence-electron chi connectivity index (χ3n) is 3.44. The van der Waals surface area contributed by atoms with Gasteiger partial charge in [-0.1, -0.05) is 41.9 Å². The Labute approximate surface area is 129 Å². The molecule has 2 aromatic rings. The Morgan fingerprint density at radius 3 is 2.60 bits per heavy atom. The summed E-state index contributed by atoms with van der Waals surface area (Å²) < 4.78 is 1.11. The van der Waals surface area contributed by atoms with Crippen molar-refractivity contribution in [3.63, 3.8) is 0 Å². The highest BCUT2D eigenvalue weighted by Crippen LogP contribution is 2.28. The van der Waals surface area contributed by atoms with Gasteiger partial charge in [-0.05, 0) is 32.1 Å². The molecule has 1 atom stereocenters. The molecule has 20 heavy (non-hydrogen) atoms. The lowest BCUT2D eigenvalue weighted by Gasteiger charge is -2.26. The first-order chi connectivity index (χ1) is 9.49. The van der Waals surface area contributed by atoms with Crippen LogP contribution in [0.5, 0.6) is 0 Å². The van der Waals surface area contributed by atoms with Gasteiger partial charge in [0.2, 0.25) is 0 Å². The zero-order valence-corrected chi connectivity index (χ0v) is 14.1. The lowest BCUT2D eigenvalue weighted by atomic mass is 10.0. The highest BCUT2D eigenvalue weighted by atomic mass is 79.9. The molecule has 0 aliphatic heterocycles. The number of halogens is 1. The Morgan fingerprint density at radius 1 is 1.20 bits per heavy atom. The smallest absolute Gasteiger partial charge is 0.134 e. The molecular weight excluding hydrogens is 314 g/mol. The van der Waals surface area contributed by atoms with E-state index in [-0.39, 0.29) is 0 Å². The number of hydrogen-bond donors (Lipinski definition) is 1. The van der Waals surface area contributed by atoms with Gasteiger partial charge >= 0.3 is 0 Å². The Bertz CT molecular complexity index is 581. The van der Waals surface area contributed by atoms with E-state index in [0.717, 1.165) is 22.2 Å². The number of benzene rings is 1. The standard InChI is InChI=1S/C16H22BrN3/c1-11(2)15(10-20(3)4)19-16-13-6-5-7-14(17)12(13)8-9-18-16/h5-9,11,15H,10H2,1-4H3,(H,18,19). The molecule has 1 aromatic heterocycles. The maximum atomic E-state index is 4.53. The molecule has 4 heteroatoms. The van der Waals surface area contributed by atoms with Crippen molar-refractivity contribution >= 4 is 32.5 Å². The molecule has 3 nitrogen and oxygen atoms in total. The average Bonchev–Trinajstić information content (AvgIpc) is 2.38. The van der Waals surface area contributed by atoms with E-state index < -0.39 is 0 Å². The first-order valence-corrected chi connectivity index (χ1v) is 7.73. The van der Waals surface area contributed by atoms with Gasteiger partial charge in [0, 0.05) is 34.0 Å². The van der Waals surface area contributed by atoms with E-state index in [0.29, 0.717) is 12.0 Å². The van der Waals surface area contributed by atoms with E-state index in [2.05, 4.69) is 77.3 Å². The maximum Gasteiger partial charge on any atom is 0.134 e. The van der Waals surface area contributed by atoms with Crippen LogP contribution in [-0.2, 0) is 0 Å². The Kier molecular flexibility index (Phi) is 5.00. The van der Waals surface area contributed by atoms with Crippen molar-refractivity contribution in [1.29, 1.82) is 0 Å². The van der Waals surface area contributed by atoms with E-state index in [1.807, 2.05) is 12.3 Å². The number of likely N-dealkylation sites (N-methyl/N-ethyl adjacent to an activating group) is 1. The van der Waals surface area contributed by atoms with Crippen molar-refractivity contribution in [1.82, 2.24) is 9.88 Å². The summed E-state index contributed by atoms with van der Waals surface area (Å²) in [7, 11) is 4.20. The highest BCUT2D eigenvalue weighted by molar-refractivity contribution is 9.10. The van der Waals surface area contributed by atoms with Gasteiger partial charge in [0.05, 0.1) is 0 Å². The molecule has 0 spiro atoms. The third-order valence-corrected chi connectivity index (χ3v) is 4.13. The fourth-order valence-electron chi connectivity index (χ4n) is 2.28. The number of nitrogens with one attached hydrogen (secondary N) is 1. The lowest BCUT2D eigenvalue weighted by Crippen LogP contribution is -2.36. The average molecular weight is 336 g/mol. The number of rotatable bonds is 5. The van der Waals surface area contributed by atoms with Crippen molar-refractivity contribution in [3.05, 3.63) is 34.9 Å². The summed E-state index contributed by atoms with van der Waals surface area (Å²) >= 11 is 3.60. The molecule has 0 saturated carbocycles. The predicted molar refractivity (Wildman–Crippen MR) is 90.2 cm³/mol. The Balaban J connectivity index is 2.35. The molecule has 0 aliphatic carbocycles. The molecule has 1 N–H and O–H groups in total. The van der Waals surface area contributed by atoms with Crippen molar-refractivity contribution < 1.29 is 0 Å². The fraction of sp³-hybridized carbons (Fsp3) is 0.438. The second kappa shape index (κ2) is 6.55. The predicted octanol–water partition coefficient (Wildman–Crippen LogP) is 4.00. The van der Waals surface area contributed by atoms with Gasteiger partial charge in [-0.25, -0.2) is 4.98 Å². The van der Waals surface area contributed by atoms with E-state index in [9.17, 15) is 0 Å². The van der Waals surface area contributed by atoms with Crippen LogP contribution < -0.4 is 5.32 Å². The topological polar surface area (TPSA) is 28.2 Å². The maximum absolute atomic E-state index is 4.53. The summed E-state index contributed by atoms with van der Waals surface area (Å²) in [5.41, 5.74) is 0. The lowest BCUT2D eigenvalue weighted by molar-refractivity contribution is 0.344. The largest absolute Gasteiger partial charge is 0.365 e. The zero-order chi connectivity index (χ0) is 14.7. The minimum atomic E-state index is 0.377. The van der Waals surface area contributed by atoms with Crippen LogP contribution in [0, 0.1) is 5.92 Å². The summed E-state index contributed by atoms with van der Waals surface area (Å²) in [4.78, 5) is 6.73. The molecule has 0 fully saturated rings. The SMILES string of the molecule is CC(C)C(CN(C)C)Nc1nccc2c(Br)cccc12.